The van der Waals surface area contributed by atoms with E-state index in [9.17, 15) is 19.7 Å². The summed E-state index contributed by atoms with van der Waals surface area (Å²) < 4.78 is 2.00. The number of nitrogens with zero attached hydrogens (tertiary/aromatic N) is 3. The van der Waals surface area contributed by atoms with Crippen LogP contribution < -0.4 is 0 Å². The third kappa shape index (κ3) is 3.73. The van der Waals surface area contributed by atoms with E-state index in [2.05, 4.69) is 0 Å². The zero-order chi connectivity index (χ0) is 21.3. The quantitative estimate of drug-likeness (QED) is 0.316. The Balaban J connectivity index is 1.72. The number of benzene rings is 2. The number of amides is 2. The van der Waals surface area contributed by atoms with Crippen molar-refractivity contribution in [3.05, 3.63) is 80.9 Å². The number of para-hydroxylation sites is 1. The van der Waals surface area contributed by atoms with Crippen LogP contribution in [0.2, 0.25) is 0 Å². The molecular formula is C22H19N3O4S. The molecule has 0 aliphatic carbocycles. The Morgan fingerprint density at radius 3 is 2.70 bits per heavy atom. The minimum Gasteiger partial charge on any atom is -0.342 e. The number of imide groups is 1. The summed E-state index contributed by atoms with van der Waals surface area (Å²) >= 11 is 0.958. The average molecular weight is 421 g/mol. The van der Waals surface area contributed by atoms with Gasteiger partial charge in [-0.3, -0.25) is 24.6 Å². The molecule has 8 heteroatoms. The first-order valence-corrected chi connectivity index (χ1v) is 10.4. The van der Waals surface area contributed by atoms with Crippen molar-refractivity contribution in [1.82, 2.24) is 9.47 Å². The average Bonchev–Trinajstić information content (AvgIpc) is 3.21. The van der Waals surface area contributed by atoms with E-state index in [-0.39, 0.29) is 16.8 Å². The maximum atomic E-state index is 12.6. The molecule has 1 saturated heterocycles. The first-order valence-electron chi connectivity index (χ1n) is 9.54. The maximum absolute atomic E-state index is 12.6. The Hall–Kier alpha value is -3.39. The lowest BCUT2D eigenvalue weighted by Gasteiger charge is -2.09. The van der Waals surface area contributed by atoms with Crippen LogP contribution in [0.1, 0.15) is 24.5 Å². The maximum Gasteiger partial charge on any atom is 0.293 e. The summed E-state index contributed by atoms with van der Waals surface area (Å²) in [5.74, 6) is -0.262. The summed E-state index contributed by atoms with van der Waals surface area (Å²) in [6, 6.07) is 14.3. The molecule has 1 aliphatic heterocycles. The molecule has 30 heavy (non-hydrogen) atoms. The van der Waals surface area contributed by atoms with Gasteiger partial charge in [-0.1, -0.05) is 37.3 Å². The molecule has 1 aliphatic rings. The van der Waals surface area contributed by atoms with E-state index in [1.54, 1.807) is 18.2 Å². The monoisotopic (exact) mass is 421 g/mol. The lowest BCUT2D eigenvalue weighted by atomic mass is 10.1. The highest BCUT2D eigenvalue weighted by atomic mass is 32.2. The molecule has 0 N–H and O–H groups in total. The van der Waals surface area contributed by atoms with Gasteiger partial charge in [-0.25, -0.2) is 0 Å². The van der Waals surface area contributed by atoms with Crippen molar-refractivity contribution in [3.8, 4) is 0 Å². The van der Waals surface area contributed by atoms with E-state index in [1.165, 1.54) is 11.0 Å². The van der Waals surface area contributed by atoms with Crippen LogP contribution in [0.25, 0.3) is 17.0 Å². The minimum absolute atomic E-state index is 0.0498. The first-order chi connectivity index (χ1) is 14.5. The molecule has 2 aromatic carbocycles. The molecule has 2 amide bonds. The second-order valence-electron chi connectivity index (χ2n) is 6.99. The van der Waals surface area contributed by atoms with Crippen molar-refractivity contribution < 1.29 is 14.5 Å². The Labute approximate surface area is 177 Å². The number of rotatable bonds is 6. The number of non-ortho nitro benzene ring substituents is 1. The number of thioether (sulfide) groups is 1. The molecular weight excluding hydrogens is 402 g/mol. The normalized spacial score (nSPS) is 15.5. The molecule has 0 spiro atoms. The van der Waals surface area contributed by atoms with Crippen LogP contribution >= 0.6 is 11.8 Å². The molecule has 0 saturated carbocycles. The van der Waals surface area contributed by atoms with Crippen molar-refractivity contribution in [1.29, 1.82) is 0 Å². The van der Waals surface area contributed by atoms with E-state index in [0.29, 0.717) is 24.4 Å². The molecule has 0 atom stereocenters. The Morgan fingerprint density at radius 2 is 1.93 bits per heavy atom. The van der Waals surface area contributed by atoms with Gasteiger partial charge in [-0.2, -0.15) is 0 Å². The van der Waals surface area contributed by atoms with Gasteiger partial charge in [0.15, 0.2) is 0 Å². The van der Waals surface area contributed by atoms with Crippen molar-refractivity contribution in [2.45, 2.75) is 19.9 Å². The van der Waals surface area contributed by atoms with Crippen LogP contribution in [-0.2, 0) is 11.3 Å². The number of nitro groups is 1. The van der Waals surface area contributed by atoms with E-state index in [1.807, 2.05) is 48.0 Å². The number of hydrogen-bond acceptors (Lipinski definition) is 5. The SMILES string of the molecule is CCCN1C(=O)S/C(=C/c2cn(Cc3cccc([N+](=O)[O-])c3)c3ccccc23)C1=O. The fraction of sp³-hybridized carbons (Fsp3) is 0.182. The van der Waals surface area contributed by atoms with Gasteiger partial charge in [0.2, 0.25) is 0 Å². The molecule has 0 unspecified atom stereocenters. The predicted molar refractivity (Wildman–Crippen MR) is 117 cm³/mol. The highest BCUT2D eigenvalue weighted by Gasteiger charge is 2.34. The molecule has 2 heterocycles. The first kappa shape index (κ1) is 19.9. The van der Waals surface area contributed by atoms with Crippen LogP contribution in [0.15, 0.2) is 59.6 Å². The molecule has 3 aromatic rings. The van der Waals surface area contributed by atoms with Gasteiger partial charge in [-0.05, 0) is 35.9 Å². The Morgan fingerprint density at radius 1 is 1.13 bits per heavy atom. The van der Waals surface area contributed by atoms with Gasteiger partial charge in [0.1, 0.15) is 0 Å². The smallest absolute Gasteiger partial charge is 0.293 e. The van der Waals surface area contributed by atoms with Gasteiger partial charge in [0.05, 0.1) is 9.83 Å². The van der Waals surface area contributed by atoms with Gasteiger partial charge < -0.3 is 4.57 Å². The molecule has 7 nitrogen and oxygen atoms in total. The van der Waals surface area contributed by atoms with Crippen molar-refractivity contribution in [3.63, 3.8) is 0 Å². The summed E-state index contributed by atoms with van der Waals surface area (Å²) in [5.41, 5.74) is 2.63. The number of hydrogen-bond donors (Lipinski definition) is 0. The molecule has 0 radical (unpaired) electrons. The van der Waals surface area contributed by atoms with E-state index >= 15 is 0 Å². The fourth-order valence-corrected chi connectivity index (χ4v) is 4.40. The molecule has 1 aromatic heterocycles. The summed E-state index contributed by atoms with van der Waals surface area (Å²) in [7, 11) is 0. The summed E-state index contributed by atoms with van der Waals surface area (Å²) in [4.78, 5) is 37.1. The molecule has 1 fully saturated rings. The third-order valence-corrected chi connectivity index (χ3v) is 5.81. The van der Waals surface area contributed by atoms with Crippen LogP contribution in [-0.4, -0.2) is 32.1 Å². The minimum atomic E-state index is -0.408. The Kier molecular flexibility index (Phi) is 5.41. The lowest BCUT2D eigenvalue weighted by Crippen LogP contribution is -2.28. The molecule has 4 rings (SSSR count). The lowest BCUT2D eigenvalue weighted by molar-refractivity contribution is -0.384. The van der Waals surface area contributed by atoms with Crippen molar-refractivity contribution >= 4 is 45.6 Å². The molecule has 0 bridgehead atoms. The van der Waals surface area contributed by atoms with E-state index < -0.39 is 4.92 Å². The van der Waals surface area contributed by atoms with E-state index in [4.69, 9.17) is 0 Å². The second kappa shape index (κ2) is 8.16. The summed E-state index contributed by atoms with van der Waals surface area (Å²) in [6.07, 6.45) is 4.39. The number of carbonyl (C=O) groups excluding carboxylic acids is 2. The highest BCUT2D eigenvalue weighted by molar-refractivity contribution is 8.18. The van der Waals surface area contributed by atoms with Gasteiger partial charge in [0.25, 0.3) is 16.8 Å². The van der Waals surface area contributed by atoms with Crippen LogP contribution in [0.5, 0.6) is 0 Å². The predicted octanol–water partition coefficient (Wildman–Crippen LogP) is 5.04. The standard InChI is InChI=1S/C22H19N3O4S/c1-2-10-24-21(26)20(30-22(24)27)12-16-14-23(19-9-4-3-8-18(16)19)13-15-6-5-7-17(11-15)25(28)29/h3-9,11-12,14H,2,10,13H2,1H3/b20-12+. The number of fused-ring (bicyclic) bond motifs is 1. The summed E-state index contributed by atoms with van der Waals surface area (Å²) in [5, 5.41) is 11.8. The number of carbonyl (C=O) groups is 2. The Bertz CT molecular complexity index is 1200. The highest BCUT2D eigenvalue weighted by Crippen LogP contribution is 2.34. The van der Waals surface area contributed by atoms with Crippen molar-refractivity contribution in [2.75, 3.05) is 6.54 Å². The third-order valence-electron chi connectivity index (χ3n) is 4.90. The zero-order valence-corrected chi connectivity index (χ0v) is 17.1. The topological polar surface area (TPSA) is 85.4 Å². The van der Waals surface area contributed by atoms with Gasteiger partial charge >= 0.3 is 0 Å². The summed E-state index contributed by atoms with van der Waals surface area (Å²) in [6.45, 7) is 2.79. The fourth-order valence-electron chi connectivity index (χ4n) is 3.54. The van der Waals surface area contributed by atoms with Crippen LogP contribution in [0.3, 0.4) is 0 Å². The number of aromatic nitrogens is 1. The largest absolute Gasteiger partial charge is 0.342 e. The zero-order valence-electron chi connectivity index (χ0n) is 16.3. The number of nitro benzene ring substituents is 1. The van der Waals surface area contributed by atoms with E-state index in [0.717, 1.165) is 33.8 Å². The van der Waals surface area contributed by atoms with Crippen LogP contribution in [0.4, 0.5) is 10.5 Å². The van der Waals surface area contributed by atoms with Crippen molar-refractivity contribution in [2.24, 2.45) is 0 Å². The van der Waals surface area contributed by atoms with Gasteiger partial charge in [0, 0.05) is 47.9 Å². The second-order valence-corrected chi connectivity index (χ2v) is 7.98. The van der Waals surface area contributed by atoms with Gasteiger partial charge in [-0.15, -0.1) is 0 Å². The van der Waals surface area contributed by atoms with Crippen LogP contribution in [0, 0.1) is 10.1 Å². The molecule has 152 valence electrons.